The Hall–Kier alpha value is -1.36. The number of primary amides is 1. The predicted octanol–water partition coefficient (Wildman–Crippen LogP) is -0.566. The second-order valence-electron chi connectivity index (χ2n) is 2.65. The predicted molar refractivity (Wildman–Crippen MR) is 48.1 cm³/mol. The largest absolute Gasteiger partial charge is 0.480 e. The van der Waals surface area contributed by atoms with Crippen molar-refractivity contribution in [1.29, 1.82) is 0 Å². The number of amides is 1. The minimum absolute atomic E-state index is 0.0276. The maximum atomic E-state index is 10.5. The van der Waals surface area contributed by atoms with E-state index in [9.17, 15) is 9.59 Å². The summed E-state index contributed by atoms with van der Waals surface area (Å²) in [6.07, 6.45) is 2.30. The van der Waals surface area contributed by atoms with Gasteiger partial charge in [0, 0.05) is 6.54 Å². The van der Waals surface area contributed by atoms with E-state index in [0.717, 1.165) is 0 Å². The Morgan fingerprint density at radius 2 is 2.08 bits per heavy atom. The lowest BCUT2D eigenvalue weighted by Crippen LogP contribution is -2.37. The van der Waals surface area contributed by atoms with Crippen molar-refractivity contribution in [2.75, 3.05) is 19.6 Å². The lowest BCUT2D eigenvalue weighted by molar-refractivity contribution is -0.138. The summed E-state index contributed by atoms with van der Waals surface area (Å²) in [7, 11) is 0. The summed E-state index contributed by atoms with van der Waals surface area (Å²) in [5.74, 6) is -1.49. The molecule has 0 aliphatic heterocycles. The maximum absolute atomic E-state index is 10.5. The van der Waals surface area contributed by atoms with E-state index in [1.165, 1.54) is 4.90 Å². The second kappa shape index (κ2) is 6.19. The van der Waals surface area contributed by atoms with Gasteiger partial charge in [0.05, 0.1) is 13.1 Å². The highest BCUT2D eigenvalue weighted by Gasteiger charge is 2.10. The van der Waals surface area contributed by atoms with Crippen LogP contribution < -0.4 is 5.73 Å². The number of hydrogen-bond acceptors (Lipinski definition) is 3. The van der Waals surface area contributed by atoms with Crippen molar-refractivity contribution in [3.63, 3.8) is 0 Å². The zero-order valence-corrected chi connectivity index (χ0v) is 7.40. The lowest BCUT2D eigenvalue weighted by atomic mass is 10.3. The first-order chi connectivity index (χ1) is 6.06. The third kappa shape index (κ3) is 7.02. The first-order valence-electron chi connectivity index (χ1n) is 3.89. The van der Waals surface area contributed by atoms with E-state index in [4.69, 9.17) is 10.8 Å². The van der Waals surface area contributed by atoms with Gasteiger partial charge in [0.15, 0.2) is 0 Å². The minimum atomic E-state index is -0.967. The highest BCUT2D eigenvalue weighted by Crippen LogP contribution is 1.91. The van der Waals surface area contributed by atoms with E-state index in [2.05, 4.69) is 6.58 Å². The van der Waals surface area contributed by atoms with Gasteiger partial charge in [-0.15, -0.1) is 6.58 Å². The molecule has 0 aliphatic carbocycles. The third-order valence-corrected chi connectivity index (χ3v) is 1.39. The summed E-state index contributed by atoms with van der Waals surface area (Å²) >= 11 is 0. The van der Waals surface area contributed by atoms with Crippen LogP contribution in [0.4, 0.5) is 0 Å². The molecule has 0 atom stereocenters. The second-order valence-corrected chi connectivity index (χ2v) is 2.65. The molecule has 3 N–H and O–H groups in total. The Kier molecular flexibility index (Phi) is 5.54. The molecule has 0 aromatic rings. The van der Waals surface area contributed by atoms with Crippen molar-refractivity contribution in [3.8, 4) is 0 Å². The van der Waals surface area contributed by atoms with Crippen molar-refractivity contribution < 1.29 is 14.7 Å². The maximum Gasteiger partial charge on any atom is 0.317 e. The van der Waals surface area contributed by atoms with Gasteiger partial charge in [0.25, 0.3) is 0 Å². The Morgan fingerprint density at radius 3 is 2.46 bits per heavy atom. The average Bonchev–Trinajstić information content (AvgIpc) is 1.98. The molecule has 0 saturated carbocycles. The number of nitrogens with two attached hydrogens (primary N) is 1. The van der Waals surface area contributed by atoms with Gasteiger partial charge in [-0.3, -0.25) is 14.5 Å². The summed E-state index contributed by atoms with van der Waals surface area (Å²) in [5, 5.41) is 8.48. The summed E-state index contributed by atoms with van der Waals surface area (Å²) < 4.78 is 0. The van der Waals surface area contributed by atoms with E-state index in [0.29, 0.717) is 13.0 Å². The van der Waals surface area contributed by atoms with E-state index in [1.807, 2.05) is 0 Å². The van der Waals surface area contributed by atoms with E-state index in [-0.39, 0.29) is 13.1 Å². The molecule has 5 nitrogen and oxygen atoms in total. The van der Waals surface area contributed by atoms with Crippen LogP contribution >= 0.6 is 0 Å². The lowest BCUT2D eigenvalue weighted by Gasteiger charge is -2.16. The molecule has 0 heterocycles. The van der Waals surface area contributed by atoms with Crippen molar-refractivity contribution in [2.24, 2.45) is 5.73 Å². The van der Waals surface area contributed by atoms with Crippen LogP contribution in [0.1, 0.15) is 6.42 Å². The molecule has 0 aromatic carbocycles. The topological polar surface area (TPSA) is 83.6 Å². The number of aliphatic carboxylic acids is 1. The molecule has 0 rings (SSSR count). The summed E-state index contributed by atoms with van der Waals surface area (Å²) in [5.41, 5.74) is 4.94. The van der Waals surface area contributed by atoms with E-state index < -0.39 is 11.9 Å². The molecule has 0 fully saturated rings. The molecule has 1 amide bonds. The Morgan fingerprint density at radius 1 is 1.46 bits per heavy atom. The molecule has 0 aliphatic rings. The zero-order chi connectivity index (χ0) is 10.3. The van der Waals surface area contributed by atoms with Crippen molar-refractivity contribution in [3.05, 3.63) is 12.7 Å². The van der Waals surface area contributed by atoms with Crippen LogP contribution in [0.2, 0.25) is 0 Å². The molecular formula is C8H14N2O3. The van der Waals surface area contributed by atoms with Crippen molar-refractivity contribution in [2.45, 2.75) is 6.42 Å². The van der Waals surface area contributed by atoms with Gasteiger partial charge in [-0.1, -0.05) is 6.08 Å². The van der Waals surface area contributed by atoms with Crippen molar-refractivity contribution in [1.82, 2.24) is 4.90 Å². The fourth-order valence-electron chi connectivity index (χ4n) is 0.900. The summed E-state index contributed by atoms with van der Waals surface area (Å²) in [6, 6.07) is 0. The minimum Gasteiger partial charge on any atom is -0.480 e. The van der Waals surface area contributed by atoms with Crippen molar-refractivity contribution >= 4 is 11.9 Å². The standard InChI is InChI=1S/C8H14N2O3/c1-2-3-4-10(5-7(9)11)6-8(12)13/h2H,1,3-6H2,(H2,9,11)(H,12,13). The number of nitrogens with zero attached hydrogens (tertiary/aromatic N) is 1. The van der Waals surface area contributed by atoms with E-state index >= 15 is 0 Å². The highest BCUT2D eigenvalue weighted by molar-refractivity contribution is 5.77. The van der Waals surface area contributed by atoms with Crippen LogP contribution in [0.25, 0.3) is 0 Å². The molecule has 0 radical (unpaired) electrons. The SMILES string of the molecule is C=CCCN(CC(N)=O)CC(=O)O. The molecule has 13 heavy (non-hydrogen) atoms. The first-order valence-corrected chi connectivity index (χ1v) is 3.89. The Bertz CT molecular complexity index is 188. The van der Waals surface area contributed by atoms with Gasteiger partial charge in [-0.2, -0.15) is 0 Å². The van der Waals surface area contributed by atoms with Crippen LogP contribution in [-0.2, 0) is 9.59 Å². The quantitative estimate of drug-likeness (QED) is 0.522. The monoisotopic (exact) mass is 186 g/mol. The fraction of sp³-hybridized carbons (Fsp3) is 0.500. The van der Waals surface area contributed by atoms with E-state index in [1.54, 1.807) is 6.08 Å². The smallest absolute Gasteiger partial charge is 0.317 e. The first kappa shape index (κ1) is 11.6. The number of carbonyl (C=O) groups excluding carboxylic acids is 1. The Labute approximate surface area is 76.8 Å². The number of carboxylic acids is 1. The molecular weight excluding hydrogens is 172 g/mol. The highest BCUT2D eigenvalue weighted by atomic mass is 16.4. The molecule has 0 bridgehead atoms. The third-order valence-electron chi connectivity index (χ3n) is 1.39. The number of carbonyl (C=O) groups is 2. The molecule has 5 heteroatoms. The molecule has 0 spiro atoms. The zero-order valence-electron chi connectivity index (χ0n) is 7.40. The number of rotatable bonds is 7. The van der Waals surface area contributed by atoms with Gasteiger partial charge in [-0.05, 0) is 6.42 Å². The van der Waals surface area contributed by atoms with Crippen LogP contribution in [0, 0.1) is 0 Å². The normalized spacial score (nSPS) is 9.92. The number of carboxylic acid groups (broad SMARTS) is 1. The fourth-order valence-corrected chi connectivity index (χ4v) is 0.900. The Balaban J connectivity index is 3.93. The average molecular weight is 186 g/mol. The molecule has 74 valence electrons. The number of hydrogen-bond donors (Lipinski definition) is 2. The van der Waals surface area contributed by atoms with Gasteiger partial charge in [-0.25, -0.2) is 0 Å². The molecule has 0 aromatic heterocycles. The van der Waals surface area contributed by atoms with Crippen LogP contribution in [0.3, 0.4) is 0 Å². The van der Waals surface area contributed by atoms with Gasteiger partial charge >= 0.3 is 5.97 Å². The van der Waals surface area contributed by atoms with Crippen LogP contribution in [0.5, 0.6) is 0 Å². The van der Waals surface area contributed by atoms with Gasteiger partial charge in [0.2, 0.25) is 5.91 Å². The van der Waals surface area contributed by atoms with Gasteiger partial charge < -0.3 is 10.8 Å². The summed E-state index contributed by atoms with van der Waals surface area (Å²) in [4.78, 5) is 22.3. The van der Waals surface area contributed by atoms with Crippen LogP contribution in [0.15, 0.2) is 12.7 Å². The van der Waals surface area contributed by atoms with Crippen LogP contribution in [-0.4, -0.2) is 41.5 Å². The molecule has 0 unspecified atom stereocenters. The molecule has 0 saturated heterocycles. The summed E-state index contributed by atoms with van der Waals surface area (Å²) in [6.45, 7) is 3.79. The van der Waals surface area contributed by atoms with Gasteiger partial charge in [0.1, 0.15) is 0 Å².